The van der Waals surface area contributed by atoms with Crippen molar-refractivity contribution in [2.75, 3.05) is 6.61 Å². The summed E-state index contributed by atoms with van der Waals surface area (Å²) in [6, 6.07) is 9.22. The second kappa shape index (κ2) is 5.29. The lowest BCUT2D eigenvalue weighted by Crippen LogP contribution is -2.10. The number of ether oxygens (including phenoxy) is 1. The smallest absolute Gasteiger partial charge is 0.210 e. The van der Waals surface area contributed by atoms with Gasteiger partial charge in [0.15, 0.2) is 18.2 Å². The number of benzene rings is 1. The second-order valence-corrected chi connectivity index (χ2v) is 4.96. The average Bonchev–Trinajstić information content (AvgIpc) is 2.74. The molecule has 1 heterocycles. The number of rotatable bonds is 4. The van der Waals surface area contributed by atoms with Gasteiger partial charge in [-0.15, -0.1) is 11.3 Å². The molecule has 0 atom stereocenters. The van der Waals surface area contributed by atoms with Crippen molar-refractivity contribution in [2.24, 2.45) is 0 Å². The summed E-state index contributed by atoms with van der Waals surface area (Å²) in [6.45, 7) is -0.197. The van der Waals surface area contributed by atoms with E-state index in [4.69, 9.17) is 16.3 Å². The largest absolute Gasteiger partial charge is 0.482 e. The number of hydrogen-bond acceptors (Lipinski definition) is 3. The lowest BCUT2D eigenvalue weighted by molar-refractivity contribution is 0.0923. The minimum absolute atomic E-state index is 0.0727. The lowest BCUT2D eigenvalue weighted by Gasteiger charge is -2.04. The molecule has 0 spiro atoms. The number of hydrogen-bond donors (Lipinski definition) is 0. The first-order valence-electron chi connectivity index (χ1n) is 4.82. The van der Waals surface area contributed by atoms with E-state index in [9.17, 15) is 9.18 Å². The fraction of sp³-hybridized carbons (Fsp3) is 0.0833. The SMILES string of the molecule is O=C(COc1ccccc1F)c1ccc(Cl)s1. The fourth-order valence-electron chi connectivity index (χ4n) is 1.24. The van der Waals surface area contributed by atoms with Crippen molar-refractivity contribution in [2.45, 2.75) is 0 Å². The molecule has 0 fully saturated rings. The van der Waals surface area contributed by atoms with E-state index in [2.05, 4.69) is 0 Å². The summed E-state index contributed by atoms with van der Waals surface area (Å²) >= 11 is 6.89. The fourth-order valence-corrected chi connectivity index (χ4v) is 2.21. The molecule has 0 aliphatic rings. The molecular weight excluding hydrogens is 263 g/mol. The van der Waals surface area contributed by atoms with E-state index in [1.54, 1.807) is 24.3 Å². The van der Waals surface area contributed by atoms with E-state index in [0.717, 1.165) is 0 Å². The molecule has 1 aromatic carbocycles. The number of carbonyl (C=O) groups excluding carboxylic acids is 1. The van der Waals surface area contributed by atoms with Crippen molar-refractivity contribution in [3.8, 4) is 5.75 Å². The maximum absolute atomic E-state index is 13.2. The van der Waals surface area contributed by atoms with Gasteiger partial charge in [-0.05, 0) is 24.3 Å². The summed E-state index contributed by atoms with van der Waals surface area (Å²) in [5, 5.41) is 0. The van der Waals surface area contributed by atoms with Crippen LogP contribution in [-0.4, -0.2) is 12.4 Å². The molecule has 0 unspecified atom stereocenters. The topological polar surface area (TPSA) is 26.3 Å². The molecule has 0 bridgehead atoms. The van der Waals surface area contributed by atoms with Gasteiger partial charge in [0.1, 0.15) is 0 Å². The van der Waals surface area contributed by atoms with Crippen molar-refractivity contribution in [3.63, 3.8) is 0 Å². The van der Waals surface area contributed by atoms with Gasteiger partial charge in [-0.2, -0.15) is 0 Å². The number of carbonyl (C=O) groups is 1. The summed E-state index contributed by atoms with van der Waals surface area (Å²) in [7, 11) is 0. The molecule has 1 aromatic heterocycles. The average molecular weight is 271 g/mol. The van der Waals surface area contributed by atoms with E-state index in [1.807, 2.05) is 0 Å². The molecule has 0 N–H and O–H groups in total. The van der Waals surface area contributed by atoms with Gasteiger partial charge in [0.2, 0.25) is 5.78 Å². The highest BCUT2D eigenvalue weighted by Crippen LogP contribution is 2.22. The quantitative estimate of drug-likeness (QED) is 0.790. The van der Waals surface area contributed by atoms with Crippen molar-refractivity contribution in [1.29, 1.82) is 0 Å². The van der Waals surface area contributed by atoms with E-state index < -0.39 is 5.82 Å². The van der Waals surface area contributed by atoms with Crippen LogP contribution < -0.4 is 4.74 Å². The first-order valence-corrected chi connectivity index (χ1v) is 6.02. The van der Waals surface area contributed by atoms with Gasteiger partial charge in [-0.25, -0.2) is 4.39 Å². The Bertz CT molecular complexity index is 539. The summed E-state index contributed by atoms with van der Waals surface area (Å²) in [5.74, 6) is -0.627. The third kappa shape index (κ3) is 3.05. The van der Waals surface area contributed by atoms with Gasteiger partial charge in [0.05, 0.1) is 9.21 Å². The van der Waals surface area contributed by atoms with Crippen LogP contribution in [0.15, 0.2) is 36.4 Å². The van der Waals surface area contributed by atoms with Crippen LogP contribution >= 0.6 is 22.9 Å². The molecule has 0 radical (unpaired) electrons. The first-order chi connectivity index (χ1) is 8.16. The van der Waals surface area contributed by atoms with Gasteiger partial charge in [-0.1, -0.05) is 23.7 Å². The Hall–Kier alpha value is -1.39. The number of para-hydroxylation sites is 1. The van der Waals surface area contributed by atoms with Crippen LogP contribution in [0.4, 0.5) is 4.39 Å². The Morgan fingerprint density at radius 1 is 1.29 bits per heavy atom. The zero-order valence-corrected chi connectivity index (χ0v) is 10.2. The zero-order chi connectivity index (χ0) is 12.3. The van der Waals surface area contributed by atoms with Crippen LogP contribution in [0.1, 0.15) is 9.67 Å². The predicted molar refractivity (Wildman–Crippen MR) is 65.6 cm³/mol. The minimum atomic E-state index is -0.482. The van der Waals surface area contributed by atoms with Crippen molar-refractivity contribution in [1.82, 2.24) is 0 Å². The standard InChI is InChI=1S/C12H8ClFO2S/c13-12-6-5-11(17-12)9(15)7-16-10-4-2-1-3-8(10)14/h1-6H,7H2. The van der Waals surface area contributed by atoms with E-state index in [0.29, 0.717) is 9.21 Å². The summed E-state index contributed by atoms with van der Waals surface area (Å²) in [4.78, 5) is 12.2. The molecule has 88 valence electrons. The van der Waals surface area contributed by atoms with Crippen LogP contribution in [-0.2, 0) is 0 Å². The van der Waals surface area contributed by atoms with Crippen LogP contribution in [0, 0.1) is 5.82 Å². The predicted octanol–water partition coefficient (Wildman–Crippen LogP) is 3.80. The molecule has 2 nitrogen and oxygen atoms in total. The summed E-state index contributed by atoms with van der Waals surface area (Å²) in [5.41, 5.74) is 0. The Morgan fingerprint density at radius 3 is 2.71 bits per heavy atom. The Balaban J connectivity index is 1.99. The normalized spacial score (nSPS) is 10.2. The van der Waals surface area contributed by atoms with Crippen LogP contribution in [0.3, 0.4) is 0 Å². The maximum atomic E-state index is 13.2. The Kier molecular flexibility index (Phi) is 3.76. The van der Waals surface area contributed by atoms with Crippen LogP contribution in [0.2, 0.25) is 4.34 Å². The van der Waals surface area contributed by atoms with Crippen LogP contribution in [0.5, 0.6) is 5.75 Å². The maximum Gasteiger partial charge on any atom is 0.210 e. The van der Waals surface area contributed by atoms with Gasteiger partial charge in [-0.3, -0.25) is 4.79 Å². The van der Waals surface area contributed by atoms with E-state index >= 15 is 0 Å². The monoisotopic (exact) mass is 270 g/mol. The molecule has 0 aliphatic heterocycles. The number of halogens is 2. The molecule has 17 heavy (non-hydrogen) atoms. The third-order valence-corrected chi connectivity index (χ3v) is 3.32. The molecule has 0 saturated carbocycles. The summed E-state index contributed by atoms with van der Waals surface area (Å²) < 4.78 is 18.8. The number of thiophene rings is 1. The minimum Gasteiger partial charge on any atom is -0.482 e. The highest BCUT2D eigenvalue weighted by molar-refractivity contribution is 7.18. The molecule has 0 aliphatic carbocycles. The molecule has 2 aromatic rings. The molecular formula is C12H8ClFO2S. The highest BCUT2D eigenvalue weighted by atomic mass is 35.5. The lowest BCUT2D eigenvalue weighted by atomic mass is 10.3. The highest BCUT2D eigenvalue weighted by Gasteiger charge is 2.10. The van der Waals surface area contributed by atoms with Gasteiger partial charge < -0.3 is 4.74 Å². The number of ketones is 1. The first kappa shape index (κ1) is 12.1. The van der Waals surface area contributed by atoms with Crippen molar-refractivity contribution in [3.05, 3.63) is 51.4 Å². The Labute approximate surface area is 107 Å². The summed E-state index contributed by atoms with van der Waals surface area (Å²) in [6.07, 6.45) is 0. The van der Waals surface area contributed by atoms with Gasteiger partial charge >= 0.3 is 0 Å². The van der Waals surface area contributed by atoms with Gasteiger partial charge in [0, 0.05) is 0 Å². The number of Topliss-reactive ketones (excluding diaryl/α,β-unsaturated/α-hetero) is 1. The third-order valence-electron chi connectivity index (χ3n) is 2.04. The van der Waals surface area contributed by atoms with E-state index in [1.165, 1.54) is 23.5 Å². The molecule has 5 heteroatoms. The molecule has 0 amide bonds. The molecule has 0 saturated heterocycles. The molecule has 2 rings (SSSR count). The Morgan fingerprint density at radius 2 is 2.06 bits per heavy atom. The van der Waals surface area contributed by atoms with Crippen LogP contribution in [0.25, 0.3) is 0 Å². The van der Waals surface area contributed by atoms with Gasteiger partial charge in [0.25, 0.3) is 0 Å². The van der Waals surface area contributed by atoms with Crippen molar-refractivity contribution >= 4 is 28.7 Å². The van der Waals surface area contributed by atoms with E-state index in [-0.39, 0.29) is 18.1 Å². The zero-order valence-electron chi connectivity index (χ0n) is 8.65. The second-order valence-electron chi connectivity index (χ2n) is 3.25. The van der Waals surface area contributed by atoms with Crippen molar-refractivity contribution < 1.29 is 13.9 Å².